The molecule has 0 saturated carbocycles. The minimum atomic E-state index is -1.73. The van der Waals surface area contributed by atoms with Gasteiger partial charge in [0.2, 0.25) is 0 Å². The van der Waals surface area contributed by atoms with Crippen molar-refractivity contribution in [1.29, 1.82) is 5.26 Å². The molecule has 2 aromatic carbocycles. The van der Waals surface area contributed by atoms with Gasteiger partial charge in [-0.25, -0.2) is 4.21 Å². The normalized spacial score (nSPS) is 11.6. The largest absolute Gasteiger partial charge is 0.379 e. The maximum Gasteiger partial charge on any atom is 0.268 e. The Kier molecular flexibility index (Phi) is 16.2. The second kappa shape index (κ2) is 20.3. The number of nitriles is 1. The number of ether oxygens (including phenoxy) is 4. The summed E-state index contributed by atoms with van der Waals surface area (Å²) in [6.45, 7) is 8.75. The van der Waals surface area contributed by atoms with Crippen LogP contribution in [0.4, 0.5) is 0 Å². The Balaban J connectivity index is 1.48. The molecule has 1 aromatic heterocycles. The monoisotopic (exact) mass is 665 g/mol. The van der Waals surface area contributed by atoms with Crippen LogP contribution in [0.15, 0.2) is 69.2 Å². The van der Waals surface area contributed by atoms with Crippen LogP contribution < -0.4 is 10.9 Å². The molecule has 12 heteroatoms. The van der Waals surface area contributed by atoms with E-state index >= 15 is 0 Å². The molecule has 0 aliphatic carbocycles. The lowest BCUT2D eigenvalue weighted by atomic mass is 10.1. The summed E-state index contributed by atoms with van der Waals surface area (Å²) < 4.78 is 37.0. The highest BCUT2D eigenvalue weighted by molar-refractivity contribution is 7.85. The maximum absolute atomic E-state index is 13.7. The van der Waals surface area contributed by atoms with E-state index in [2.05, 4.69) is 5.32 Å². The molecule has 1 unspecified atom stereocenters. The van der Waals surface area contributed by atoms with Crippen LogP contribution in [0.25, 0.3) is 5.69 Å². The molecule has 1 N–H and O–H groups in total. The van der Waals surface area contributed by atoms with Gasteiger partial charge in [-0.1, -0.05) is 19.1 Å². The zero-order valence-corrected chi connectivity index (χ0v) is 28.1. The van der Waals surface area contributed by atoms with Gasteiger partial charge in [-0.15, -0.1) is 0 Å². The number of Topliss-reactive ketones (excluding diaryl/α,β-unsaturated/α-hetero) is 1. The highest BCUT2D eigenvalue weighted by Crippen LogP contribution is 2.23. The van der Waals surface area contributed by atoms with Crippen molar-refractivity contribution in [3.8, 4) is 11.8 Å². The van der Waals surface area contributed by atoms with Gasteiger partial charge in [-0.2, -0.15) is 5.26 Å². The molecule has 1 heterocycles. The summed E-state index contributed by atoms with van der Waals surface area (Å²) in [7, 11) is -1.73. The van der Waals surface area contributed by atoms with Crippen LogP contribution in [0.1, 0.15) is 53.4 Å². The molecular formula is C35H43N3O8S. The van der Waals surface area contributed by atoms with E-state index in [1.165, 1.54) is 10.6 Å². The fourth-order valence-corrected chi connectivity index (χ4v) is 5.75. The van der Waals surface area contributed by atoms with Crippen molar-refractivity contribution < 1.29 is 32.7 Å². The van der Waals surface area contributed by atoms with Gasteiger partial charge in [0.15, 0.2) is 0 Å². The summed E-state index contributed by atoms with van der Waals surface area (Å²) in [4.78, 5) is 38.8. The van der Waals surface area contributed by atoms with Crippen molar-refractivity contribution in [2.24, 2.45) is 0 Å². The number of hydrogen-bond acceptors (Lipinski definition) is 9. The first-order valence-corrected chi connectivity index (χ1v) is 16.8. The lowest BCUT2D eigenvalue weighted by Gasteiger charge is -2.17. The summed E-state index contributed by atoms with van der Waals surface area (Å²) in [6, 6.07) is 17.1. The standard InChI is InChI=1S/C35H43N3O8S/c1-4-30(39)9-6-15-43-17-19-45-21-22-46-20-18-44-16-14-37-34(40)32-24-33(47(42)31-12-10-28(25-36)11-13-31)27(3)38(35(32)41)29-8-5-7-26(2)23-29/h5,7-8,10-13,23-24H,4,6,9,14-22H2,1-3H3,(H,37,40). The third-order valence-corrected chi connectivity index (χ3v) is 8.60. The van der Waals surface area contributed by atoms with Crippen LogP contribution in [-0.4, -0.2) is 79.9 Å². The second-order valence-corrected chi connectivity index (χ2v) is 12.0. The number of benzene rings is 2. The van der Waals surface area contributed by atoms with E-state index in [0.717, 1.165) is 12.0 Å². The van der Waals surface area contributed by atoms with E-state index in [1.54, 1.807) is 37.3 Å². The second-order valence-electron chi connectivity index (χ2n) is 10.6. The Labute approximate surface area is 278 Å². The Bertz CT molecular complexity index is 1600. The third kappa shape index (κ3) is 12.0. The lowest BCUT2D eigenvalue weighted by molar-refractivity contribution is -0.119. The van der Waals surface area contributed by atoms with Crippen molar-refractivity contribution in [2.45, 2.75) is 49.8 Å². The molecule has 0 aliphatic heterocycles. The molecule has 47 heavy (non-hydrogen) atoms. The number of carbonyl (C=O) groups is 2. The highest BCUT2D eigenvalue weighted by atomic mass is 32.2. The number of nitrogens with one attached hydrogen (secondary N) is 1. The van der Waals surface area contributed by atoms with Crippen LogP contribution in [0.3, 0.4) is 0 Å². The number of aryl methyl sites for hydroxylation is 1. The van der Waals surface area contributed by atoms with E-state index in [-0.39, 0.29) is 24.5 Å². The molecular weight excluding hydrogens is 622 g/mol. The first-order chi connectivity index (χ1) is 22.8. The van der Waals surface area contributed by atoms with Gasteiger partial charge in [0, 0.05) is 42.3 Å². The average Bonchev–Trinajstić information content (AvgIpc) is 3.07. The quantitative estimate of drug-likeness (QED) is 0.167. The molecule has 11 nitrogen and oxygen atoms in total. The zero-order chi connectivity index (χ0) is 34.0. The summed E-state index contributed by atoms with van der Waals surface area (Å²) >= 11 is 0. The summed E-state index contributed by atoms with van der Waals surface area (Å²) in [6.07, 6.45) is 1.84. The number of hydrogen-bond donors (Lipinski definition) is 1. The van der Waals surface area contributed by atoms with Crippen molar-refractivity contribution in [2.75, 3.05) is 59.4 Å². The number of pyridine rings is 1. The van der Waals surface area contributed by atoms with Crippen LogP contribution in [0.5, 0.6) is 0 Å². The smallest absolute Gasteiger partial charge is 0.268 e. The SMILES string of the molecule is CCC(=O)CCCOCCOCCOCCOCCNC(=O)c1cc(S(=O)c2ccc(C#N)cc2)c(C)n(-c2cccc(C)c2)c1=O. The molecule has 0 spiro atoms. The minimum absolute atomic E-state index is 0.144. The molecule has 0 aliphatic rings. The van der Waals surface area contributed by atoms with Crippen molar-refractivity contribution >= 4 is 22.5 Å². The number of carbonyl (C=O) groups excluding carboxylic acids is 2. The van der Waals surface area contributed by atoms with E-state index in [0.29, 0.717) is 85.8 Å². The van der Waals surface area contributed by atoms with E-state index < -0.39 is 22.3 Å². The van der Waals surface area contributed by atoms with Crippen molar-refractivity contribution in [3.63, 3.8) is 0 Å². The van der Waals surface area contributed by atoms with E-state index in [9.17, 15) is 18.6 Å². The van der Waals surface area contributed by atoms with Gasteiger partial charge >= 0.3 is 0 Å². The predicted molar refractivity (Wildman–Crippen MR) is 177 cm³/mol. The number of aromatic nitrogens is 1. The summed E-state index contributed by atoms with van der Waals surface area (Å²) in [5.74, 6) is -0.362. The molecule has 0 radical (unpaired) electrons. The number of amides is 1. The van der Waals surface area contributed by atoms with Gasteiger partial charge in [0.05, 0.1) is 73.6 Å². The van der Waals surface area contributed by atoms with E-state index in [1.807, 2.05) is 38.1 Å². The topological polar surface area (TPSA) is 146 Å². The van der Waals surface area contributed by atoms with Crippen molar-refractivity contribution in [1.82, 2.24) is 9.88 Å². The van der Waals surface area contributed by atoms with Crippen LogP contribution >= 0.6 is 0 Å². The van der Waals surface area contributed by atoms with Gasteiger partial charge in [0.25, 0.3) is 11.5 Å². The average molecular weight is 666 g/mol. The predicted octanol–water partition coefficient (Wildman–Crippen LogP) is 4.05. The summed E-state index contributed by atoms with van der Waals surface area (Å²) in [5.41, 5.74) is 1.68. The zero-order valence-electron chi connectivity index (χ0n) is 27.3. The Morgan fingerprint density at radius 1 is 0.872 bits per heavy atom. The van der Waals surface area contributed by atoms with Gasteiger partial charge in [-0.05, 0) is 68.3 Å². The molecule has 0 bridgehead atoms. The fourth-order valence-electron chi connectivity index (χ4n) is 4.53. The first kappa shape index (κ1) is 37.5. The number of nitrogens with zero attached hydrogens (tertiary/aromatic N) is 2. The molecule has 1 atom stereocenters. The molecule has 1 amide bonds. The molecule has 0 saturated heterocycles. The molecule has 3 aromatic rings. The Morgan fingerprint density at radius 3 is 2.09 bits per heavy atom. The molecule has 3 rings (SSSR count). The third-order valence-electron chi connectivity index (χ3n) is 7.09. The van der Waals surface area contributed by atoms with Gasteiger partial charge in [-0.3, -0.25) is 19.0 Å². The molecule has 0 fully saturated rings. The number of rotatable bonds is 21. The maximum atomic E-state index is 13.7. The van der Waals surface area contributed by atoms with Crippen molar-refractivity contribution in [3.05, 3.63) is 87.3 Å². The van der Waals surface area contributed by atoms with E-state index in [4.69, 9.17) is 24.2 Å². The Morgan fingerprint density at radius 2 is 1.49 bits per heavy atom. The summed E-state index contributed by atoms with van der Waals surface area (Å²) in [5, 5.41) is 11.8. The lowest BCUT2D eigenvalue weighted by Crippen LogP contribution is -2.35. The van der Waals surface area contributed by atoms with Gasteiger partial charge < -0.3 is 24.3 Å². The van der Waals surface area contributed by atoms with Crippen LogP contribution in [-0.2, 0) is 34.5 Å². The minimum Gasteiger partial charge on any atom is -0.379 e. The highest BCUT2D eigenvalue weighted by Gasteiger charge is 2.22. The van der Waals surface area contributed by atoms with Crippen LogP contribution in [0, 0.1) is 25.2 Å². The number of ketones is 1. The molecule has 252 valence electrons. The first-order valence-electron chi connectivity index (χ1n) is 15.6. The Hall–Kier alpha value is -3.99. The van der Waals surface area contributed by atoms with Crippen LogP contribution in [0.2, 0.25) is 0 Å². The van der Waals surface area contributed by atoms with Gasteiger partial charge in [0.1, 0.15) is 11.3 Å². The fraction of sp³-hybridized carbons (Fsp3) is 0.429.